The van der Waals surface area contributed by atoms with E-state index in [4.69, 9.17) is 11.5 Å². The zero-order valence-corrected chi connectivity index (χ0v) is 21.8. The zero-order valence-electron chi connectivity index (χ0n) is 18.5. The van der Waals surface area contributed by atoms with Crippen LogP contribution in [-0.4, -0.2) is 76.8 Å². The number of nitrogens with one attached hydrogen (secondary N) is 2. The van der Waals surface area contributed by atoms with Crippen LogP contribution in [0.25, 0.3) is 0 Å². The number of nitrogens with zero attached hydrogens (tertiary/aromatic N) is 4. The number of thioether (sulfide) groups is 3. The van der Waals surface area contributed by atoms with Gasteiger partial charge in [-0.25, -0.2) is 9.78 Å². The number of pyridine rings is 1. The molecule has 36 heavy (non-hydrogen) atoms. The summed E-state index contributed by atoms with van der Waals surface area (Å²) in [5.41, 5.74) is 13.6. The van der Waals surface area contributed by atoms with Crippen molar-refractivity contribution in [2.45, 2.75) is 28.1 Å². The molecule has 1 fully saturated rings. The van der Waals surface area contributed by atoms with Crippen LogP contribution in [0.1, 0.15) is 17.6 Å². The number of aliphatic carboxylic acids is 1. The number of nitrogen functional groups attached to an aromatic ring is 1. The van der Waals surface area contributed by atoms with Gasteiger partial charge in [0.2, 0.25) is 5.91 Å². The maximum absolute atomic E-state index is 13.0. The first-order valence-corrected chi connectivity index (χ1v) is 14.2. The molecule has 1 saturated heterocycles. The van der Waals surface area contributed by atoms with Gasteiger partial charge in [-0.15, -0.1) is 11.8 Å². The van der Waals surface area contributed by atoms with Gasteiger partial charge in [0, 0.05) is 51.3 Å². The smallest absolute Gasteiger partial charge is 0.353 e. The molecular formula is C19H22N8O5S4. The number of carboxylic acids is 1. The molecule has 2 aliphatic heterocycles. The molecule has 0 aliphatic carbocycles. The summed E-state index contributed by atoms with van der Waals surface area (Å²) in [5, 5.41) is 21.4. The lowest BCUT2D eigenvalue weighted by molar-refractivity contribution is -0.151. The molecule has 192 valence electrons. The van der Waals surface area contributed by atoms with Crippen molar-refractivity contribution < 1.29 is 24.7 Å². The predicted molar refractivity (Wildman–Crippen MR) is 137 cm³/mol. The van der Waals surface area contributed by atoms with Gasteiger partial charge in [-0.05, 0) is 12.1 Å². The molecule has 0 saturated carbocycles. The standard InChI is InChI=1S/C19H22N8O5S4/c20-3-5-33-6-8-9(2-1-4-22-8)35-10-7-34-17-12(16(29)27(17)13(10)18(30)31)23-15(28)11(25-32)14-24-19(21)36-26-14/h1-2,4,11-12,17,25,32H,3,5-7,20H2,(H,23,28)(H,30,31)(H2,21,24,26)/t11-,12-,17-/m1/s1. The van der Waals surface area contributed by atoms with E-state index in [1.165, 1.54) is 28.4 Å². The first-order chi connectivity index (χ1) is 17.3. The van der Waals surface area contributed by atoms with Crippen molar-refractivity contribution in [2.75, 3.05) is 23.8 Å². The van der Waals surface area contributed by atoms with Gasteiger partial charge < -0.3 is 27.1 Å². The van der Waals surface area contributed by atoms with E-state index < -0.39 is 35.2 Å². The molecule has 0 bridgehead atoms. The fourth-order valence-electron chi connectivity index (χ4n) is 3.51. The van der Waals surface area contributed by atoms with Gasteiger partial charge in [0.25, 0.3) is 5.91 Å². The predicted octanol–water partition coefficient (Wildman–Crippen LogP) is 0.216. The highest BCUT2D eigenvalue weighted by Gasteiger charge is 2.54. The number of aromatic nitrogens is 3. The van der Waals surface area contributed by atoms with Crippen LogP contribution >= 0.6 is 46.8 Å². The number of β-lactam (4-membered cyclic amide) rings is 1. The average Bonchev–Trinajstić information content (AvgIpc) is 3.29. The van der Waals surface area contributed by atoms with Gasteiger partial charge in [-0.2, -0.15) is 21.6 Å². The molecular weight excluding hydrogens is 549 g/mol. The third-order valence-electron chi connectivity index (χ3n) is 5.12. The number of fused-ring (bicyclic) bond motifs is 1. The number of carbonyl (C=O) groups excluding carboxylic acids is 2. The first-order valence-electron chi connectivity index (χ1n) is 10.5. The molecule has 4 rings (SSSR count). The summed E-state index contributed by atoms with van der Waals surface area (Å²) in [6.45, 7) is 0.546. The van der Waals surface area contributed by atoms with Crippen LogP contribution in [0.5, 0.6) is 0 Å². The van der Waals surface area contributed by atoms with Gasteiger partial charge in [-0.1, -0.05) is 11.8 Å². The normalized spacial score (nSPS) is 20.1. The number of anilines is 1. The molecule has 0 spiro atoms. The van der Waals surface area contributed by atoms with Crippen molar-refractivity contribution in [2.24, 2.45) is 5.73 Å². The minimum Gasteiger partial charge on any atom is -0.477 e. The van der Waals surface area contributed by atoms with Crippen LogP contribution in [0.4, 0.5) is 5.13 Å². The fraction of sp³-hybridized carbons (Fsp3) is 0.368. The van der Waals surface area contributed by atoms with Crippen LogP contribution in [0.2, 0.25) is 0 Å². The highest BCUT2D eigenvalue weighted by Crippen LogP contribution is 2.45. The van der Waals surface area contributed by atoms with Crippen LogP contribution in [0.3, 0.4) is 0 Å². The van der Waals surface area contributed by atoms with E-state index in [2.05, 4.69) is 19.7 Å². The largest absolute Gasteiger partial charge is 0.477 e. The number of carboxylic acid groups (broad SMARTS) is 1. The number of hydrogen-bond acceptors (Lipinski definition) is 14. The number of hydroxylamine groups is 1. The Morgan fingerprint density at radius 1 is 1.39 bits per heavy atom. The van der Waals surface area contributed by atoms with Crippen molar-refractivity contribution in [1.29, 1.82) is 0 Å². The Kier molecular flexibility index (Phi) is 8.70. The molecule has 8 N–H and O–H groups in total. The summed E-state index contributed by atoms with van der Waals surface area (Å²) in [4.78, 5) is 48.6. The Labute approximate surface area is 222 Å². The topological polar surface area (TPSA) is 210 Å². The third kappa shape index (κ3) is 5.46. The summed E-state index contributed by atoms with van der Waals surface area (Å²) < 4.78 is 3.90. The van der Waals surface area contributed by atoms with Crippen LogP contribution < -0.4 is 22.3 Å². The number of nitrogens with two attached hydrogens (primary N) is 2. The summed E-state index contributed by atoms with van der Waals surface area (Å²) in [5.74, 6) is -0.867. The van der Waals surface area contributed by atoms with E-state index in [0.29, 0.717) is 23.0 Å². The van der Waals surface area contributed by atoms with Crippen molar-refractivity contribution >= 4 is 69.7 Å². The van der Waals surface area contributed by atoms with Crippen molar-refractivity contribution in [3.8, 4) is 0 Å². The summed E-state index contributed by atoms with van der Waals surface area (Å²) in [6.07, 6.45) is 1.68. The molecule has 0 radical (unpaired) electrons. The molecule has 2 aromatic heterocycles. The molecule has 13 nitrogen and oxygen atoms in total. The molecule has 0 unspecified atom stereocenters. The van der Waals surface area contributed by atoms with Crippen LogP contribution in [0, 0.1) is 0 Å². The van der Waals surface area contributed by atoms with E-state index in [0.717, 1.165) is 27.9 Å². The summed E-state index contributed by atoms with van der Waals surface area (Å²) in [6, 6.07) is 1.32. The van der Waals surface area contributed by atoms with Gasteiger partial charge in [-0.3, -0.25) is 19.5 Å². The molecule has 2 amide bonds. The highest BCUT2D eigenvalue weighted by atomic mass is 32.2. The second-order valence-corrected chi connectivity index (χ2v) is 11.5. The molecule has 0 aromatic carbocycles. The lowest BCUT2D eigenvalue weighted by atomic mass is 10.0. The quantitative estimate of drug-likeness (QED) is 0.121. The Bertz CT molecular complexity index is 1190. The van der Waals surface area contributed by atoms with E-state index in [-0.39, 0.29) is 16.7 Å². The minimum atomic E-state index is -1.34. The van der Waals surface area contributed by atoms with E-state index >= 15 is 0 Å². The van der Waals surface area contributed by atoms with E-state index in [9.17, 15) is 24.7 Å². The van der Waals surface area contributed by atoms with Crippen molar-refractivity contribution in [3.63, 3.8) is 0 Å². The Hall–Kier alpha value is -2.41. The second-order valence-electron chi connectivity index (χ2n) is 7.42. The number of hydrogen-bond donors (Lipinski definition) is 6. The number of rotatable bonds is 11. The summed E-state index contributed by atoms with van der Waals surface area (Å²) in [7, 11) is 0. The molecule has 4 heterocycles. The van der Waals surface area contributed by atoms with Gasteiger partial charge >= 0.3 is 5.97 Å². The maximum Gasteiger partial charge on any atom is 0.353 e. The van der Waals surface area contributed by atoms with Crippen molar-refractivity contribution in [3.05, 3.63) is 40.5 Å². The third-order valence-corrected chi connectivity index (χ3v) is 9.32. The molecule has 17 heteroatoms. The lowest BCUT2D eigenvalue weighted by Crippen LogP contribution is -2.71. The van der Waals surface area contributed by atoms with Crippen LogP contribution in [0.15, 0.2) is 33.8 Å². The zero-order chi connectivity index (χ0) is 25.8. The van der Waals surface area contributed by atoms with Crippen molar-refractivity contribution in [1.82, 2.24) is 30.0 Å². The Morgan fingerprint density at radius 2 is 2.19 bits per heavy atom. The Balaban J connectivity index is 1.50. The van der Waals surface area contributed by atoms with E-state index in [1.54, 1.807) is 24.0 Å². The van der Waals surface area contributed by atoms with E-state index in [1.807, 2.05) is 11.5 Å². The minimum absolute atomic E-state index is 0.0425. The highest BCUT2D eigenvalue weighted by molar-refractivity contribution is 8.06. The maximum atomic E-state index is 13.0. The second kappa shape index (κ2) is 11.8. The number of carbonyl (C=O) groups is 3. The van der Waals surface area contributed by atoms with Gasteiger partial charge in [0.05, 0.1) is 5.69 Å². The monoisotopic (exact) mass is 570 g/mol. The van der Waals surface area contributed by atoms with Gasteiger partial charge in [0.15, 0.2) is 17.0 Å². The van der Waals surface area contributed by atoms with Crippen LogP contribution in [-0.2, 0) is 20.1 Å². The SMILES string of the molecule is NCCSCc1ncccc1SC1=C(C(=O)O)N2C(=O)[C@@H](NC(=O)[C@H](NO)c3nsc(N)n3)[C@H]2SC1. The lowest BCUT2D eigenvalue weighted by Gasteiger charge is -2.49. The fourth-order valence-corrected chi connectivity index (χ4v) is 7.38. The first kappa shape index (κ1) is 26.6. The summed E-state index contributed by atoms with van der Waals surface area (Å²) >= 11 is 5.09. The molecule has 2 aliphatic rings. The number of amides is 2. The molecule has 3 atom stereocenters. The Morgan fingerprint density at radius 3 is 2.86 bits per heavy atom. The average molecular weight is 571 g/mol. The molecule has 2 aromatic rings. The van der Waals surface area contributed by atoms with Gasteiger partial charge in [0.1, 0.15) is 17.1 Å².